The SMILES string of the molecule is COc1ccc(N(C)C(=O)/C=C/c2cn(Cc3ccccc3)nc2-c2cccnc2)cc1OC. The summed E-state index contributed by atoms with van der Waals surface area (Å²) in [4.78, 5) is 18.7. The van der Waals surface area contributed by atoms with Crippen LogP contribution in [0.3, 0.4) is 0 Å². The van der Waals surface area contributed by atoms with E-state index >= 15 is 0 Å². The Kier molecular flexibility index (Phi) is 7.03. The third-order valence-electron chi connectivity index (χ3n) is 5.40. The Morgan fingerprint density at radius 3 is 2.53 bits per heavy atom. The van der Waals surface area contributed by atoms with Gasteiger partial charge in [0.1, 0.15) is 5.69 Å². The fourth-order valence-electron chi connectivity index (χ4n) is 3.57. The smallest absolute Gasteiger partial charge is 0.250 e. The van der Waals surface area contributed by atoms with Crippen molar-refractivity contribution >= 4 is 17.7 Å². The first-order valence-electron chi connectivity index (χ1n) is 10.8. The fraction of sp³-hybridized carbons (Fsp3) is 0.148. The van der Waals surface area contributed by atoms with Crippen molar-refractivity contribution in [2.45, 2.75) is 6.54 Å². The largest absolute Gasteiger partial charge is 0.493 e. The predicted molar refractivity (Wildman–Crippen MR) is 133 cm³/mol. The van der Waals surface area contributed by atoms with Gasteiger partial charge in [0.2, 0.25) is 0 Å². The third-order valence-corrected chi connectivity index (χ3v) is 5.40. The molecule has 0 radical (unpaired) electrons. The second-order valence-electron chi connectivity index (χ2n) is 7.63. The van der Waals surface area contributed by atoms with Crippen molar-refractivity contribution in [1.29, 1.82) is 0 Å². The van der Waals surface area contributed by atoms with Crippen LogP contribution in [0.15, 0.2) is 85.3 Å². The van der Waals surface area contributed by atoms with Gasteiger partial charge in [-0.3, -0.25) is 14.5 Å². The van der Waals surface area contributed by atoms with Gasteiger partial charge in [-0.2, -0.15) is 5.10 Å². The molecule has 2 heterocycles. The first-order valence-corrected chi connectivity index (χ1v) is 10.8. The van der Waals surface area contributed by atoms with Crippen molar-refractivity contribution in [3.63, 3.8) is 0 Å². The summed E-state index contributed by atoms with van der Waals surface area (Å²) in [6, 6.07) is 19.3. The number of carbonyl (C=O) groups is 1. The van der Waals surface area contributed by atoms with E-state index in [4.69, 9.17) is 14.6 Å². The van der Waals surface area contributed by atoms with Gasteiger partial charge in [-0.15, -0.1) is 0 Å². The molecule has 0 aliphatic carbocycles. The Labute approximate surface area is 198 Å². The molecule has 172 valence electrons. The van der Waals surface area contributed by atoms with E-state index in [1.165, 1.54) is 0 Å². The van der Waals surface area contributed by atoms with Crippen molar-refractivity contribution < 1.29 is 14.3 Å². The first kappa shape index (κ1) is 22.8. The highest BCUT2D eigenvalue weighted by molar-refractivity contribution is 6.04. The van der Waals surface area contributed by atoms with Crippen molar-refractivity contribution in [3.05, 3.63) is 96.5 Å². The fourth-order valence-corrected chi connectivity index (χ4v) is 3.57. The van der Waals surface area contributed by atoms with Crippen LogP contribution in [-0.2, 0) is 11.3 Å². The van der Waals surface area contributed by atoms with E-state index < -0.39 is 0 Å². The second-order valence-corrected chi connectivity index (χ2v) is 7.63. The van der Waals surface area contributed by atoms with Crippen LogP contribution in [0.2, 0.25) is 0 Å². The Morgan fingerprint density at radius 2 is 1.82 bits per heavy atom. The Hall–Kier alpha value is -4.39. The van der Waals surface area contributed by atoms with Gasteiger partial charge in [0.15, 0.2) is 11.5 Å². The molecule has 0 unspecified atom stereocenters. The lowest BCUT2D eigenvalue weighted by Gasteiger charge is -2.17. The van der Waals surface area contributed by atoms with Gasteiger partial charge in [-0.25, -0.2) is 0 Å². The number of carbonyl (C=O) groups excluding carboxylic acids is 1. The molecular formula is C27H26N4O3. The zero-order valence-corrected chi connectivity index (χ0v) is 19.4. The lowest BCUT2D eigenvalue weighted by atomic mass is 10.1. The van der Waals surface area contributed by atoms with Crippen molar-refractivity contribution in [3.8, 4) is 22.8 Å². The number of anilines is 1. The summed E-state index contributed by atoms with van der Waals surface area (Å²) >= 11 is 0. The van der Waals surface area contributed by atoms with Gasteiger partial charge in [0.25, 0.3) is 5.91 Å². The zero-order valence-electron chi connectivity index (χ0n) is 19.4. The number of aromatic nitrogens is 3. The van der Waals surface area contributed by atoms with Crippen molar-refractivity contribution in [1.82, 2.24) is 14.8 Å². The van der Waals surface area contributed by atoms with Crippen molar-refractivity contribution in [2.24, 2.45) is 0 Å². The standard InChI is InChI=1S/C27H26N4O3/c1-30(23-12-13-24(33-2)25(16-23)34-3)26(32)14-11-22-19-31(18-20-8-5-4-6-9-20)29-27(22)21-10-7-15-28-17-21/h4-17,19H,18H2,1-3H3/b14-11+. The van der Waals surface area contributed by atoms with Crippen LogP contribution < -0.4 is 14.4 Å². The molecule has 0 saturated carbocycles. The summed E-state index contributed by atoms with van der Waals surface area (Å²) in [5.74, 6) is 0.986. The van der Waals surface area contributed by atoms with Crippen LogP contribution in [0.25, 0.3) is 17.3 Å². The number of benzene rings is 2. The normalized spacial score (nSPS) is 10.9. The molecule has 4 rings (SSSR count). The van der Waals surface area contributed by atoms with Crippen LogP contribution in [0.5, 0.6) is 11.5 Å². The molecule has 0 bridgehead atoms. The monoisotopic (exact) mass is 454 g/mol. The molecule has 7 nitrogen and oxygen atoms in total. The molecule has 34 heavy (non-hydrogen) atoms. The molecule has 1 amide bonds. The molecule has 2 aromatic heterocycles. The van der Waals surface area contributed by atoms with Crippen LogP contribution in [0, 0.1) is 0 Å². The predicted octanol–water partition coefficient (Wildman–Crippen LogP) is 4.69. The average Bonchev–Trinajstić information content (AvgIpc) is 3.29. The lowest BCUT2D eigenvalue weighted by Crippen LogP contribution is -2.23. The maximum Gasteiger partial charge on any atom is 0.250 e. The zero-order chi connectivity index (χ0) is 23.9. The van der Waals surface area contributed by atoms with Crippen LogP contribution in [0.4, 0.5) is 5.69 Å². The molecule has 0 atom stereocenters. The van der Waals surface area contributed by atoms with Gasteiger partial charge in [0.05, 0.1) is 20.8 Å². The summed E-state index contributed by atoms with van der Waals surface area (Å²) < 4.78 is 12.5. The summed E-state index contributed by atoms with van der Waals surface area (Å²) in [5.41, 5.74) is 4.32. The molecule has 7 heteroatoms. The van der Waals surface area contributed by atoms with Gasteiger partial charge >= 0.3 is 0 Å². The quantitative estimate of drug-likeness (QED) is 0.362. The number of rotatable bonds is 8. The van der Waals surface area contributed by atoms with E-state index in [1.807, 2.05) is 47.3 Å². The van der Waals surface area contributed by atoms with E-state index in [-0.39, 0.29) is 5.91 Å². The van der Waals surface area contributed by atoms with Gasteiger partial charge in [-0.1, -0.05) is 30.3 Å². The molecule has 2 aromatic carbocycles. The maximum atomic E-state index is 12.9. The molecule has 0 fully saturated rings. The minimum atomic E-state index is -0.180. The lowest BCUT2D eigenvalue weighted by molar-refractivity contribution is -0.113. The number of likely N-dealkylation sites (N-methyl/N-ethyl adjacent to an activating group) is 1. The highest BCUT2D eigenvalue weighted by Crippen LogP contribution is 2.31. The second kappa shape index (κ2) is 10.5. The van der Waals surface area contributed by atoms with Crippen molar-refractivity contribution in [2.75, 3.05) is 26.2 Å². The summed E-state index contributed by atoms with van der Waals surface area (Å²) in [5, 5.41) is 4.77. The van der Waals surface area contributed by atoms with Crippen LogP contribution in [-0.4, -0.2) is 41.9 Å². The number of amides is 1. The Morgan fingerprint density at radius 1 is 1.03 bits per heavy atom. The average molecular weight is 455 g/mol. The minimum Gasteiger partial charge on any atom is -0.493 e. The molecule has 0 aliphatic rings. The third kappa shape index (κ3) is 5.15. The summed E-state index contributed by atoms with van der Waals surface area (Å²) in [7, 11) is 4.86. The van der Waals surface area contributed by atoms with Gasteiger partial charge in [0, 0.05) is 54.6 Å². The van der Waals surface area contributed by atoms with Gasteiger partial charge < -0.3 is 14.4 Å². The number of pyridine rings is 1. The summed E-state index contributed by atoms with van der Waals surface area (Å²) in [6.45, 7) is 0.626. The topological polar surface area (TPSA) is 69.5 Å². The van der Waals surface area contributed by atoms with E-state index in [2.05, 4.69) is 17.1 Å². The van der Waals surface area contributed by atoms with E-state index in [0.29, 0.717) is 23.7 Å². The van der Waals surface area contributed by atoms with Crippen LogP contribution >= 0.6 is 0 Å². The molecule has 0 saturated heterocycles. The number of hydrogen-bond donors (Lipinski definition) is 0. The minimum absolute atomic E-state index is 0.180. The maximum absolute atomic E-state index is 12.9. The molecule has 0 aliphatic heterocycles. The number of methoxy groups -OCH3 is 2. The highest BCUT2D eigenvalue weighted by atomic mass is 16.5. The van der Waals surface area contributed by atoms with E-state index in [9.17, 15) is 4.79 Å². The molecule has 4 aromatic rings. The van der Waals surface area contributed by atoms with E-state index in [0.717, 1.165) is 22.4 Å². The number of hydrogen-bond acceptors (Lipinski definition) is 5. The Bertz CT molecular complexity index is 1280. The number of ether oxygens (including phenoxy) is 2. The summed E-state index contributed by atoms with van der Waals surface area (Å²) in [6.07, 6.45) is 8.76. The van der Waals surface area contributed by atoms with Crippen LogP contribution in [0.1, 0.15) is 11.1 Å². The molecule has 0 N–H and O–H groups in total. The number of nitrogens with zero attached hydrogens (tertiary/aromatic N) is 4. The first-order chi connectivity index (χ1) is 16.6. The highest BCUT2D eigenvalue weighted by Gasteiger charge is 2.14. The van der Waals surface area contributed by atoms with E-state index in [1.54, 1.807) is 62.8 Å². The molecular weight excluding hydrogens is 428 g/mol. The Balaban J connectivity index is 1.60. The molecule has 0 spiro atoms. The van der Waals surface area contributed by atoms with Gasteiger partial charge in [-0.05, 0) is 35.9 Å².